The molecule has 3 atom stereocenters. The van der Waals surface area contributed by atoms with Crippen LogP contribution in [0, 0.1) is 0 Å². The van der Waals surface area contributed by atoms with Crippen LogP contribution in [0.5, 0.6) is 0 Å². The van der Waals surface area contributed by atoms with Crippen molar-refractivity contribution in [2.24, 2.45) is 0 Å². The minimum Gasteiger partial charge on any atom is -0.347 e. The van der Waals surface area contributed by atoms with Gasteiger partial charge in [0.1, 0.15) is 6.10 Å². The smallest absolute Gasteiger partial charge is 0.278 e. The topological polar surface area (TPSA) is 48.0 Å². The second-order valence-corrected chi connectivity index (χ2v) is 4.81. The van der Waals surface area contributed by atoms with E-state index < -0.39 is 11.9 Å². The molecular formula is C11H15NO4. The Morgan fingerprint density at radius 1 is 1.44 bits per heavy atom. The van der Waals surface area contributed by atoms with Gasteiger partial charge in [0.2, 0.25) is 0 Å². The van der Waals surface area contributed by atoms with Crippen molar-refractivity contribution in [2.45, 2.75) is 44.3 Å². The number of fused-ring (bicyclic) bond motifs is 2. The normalized spacial score (nSPS) is 39.6. The lowest BCUT2D eigenvalue weighted by molar-refractivity contribution is -0.199. The molecule has 2 bridgehead atoms. The molecule has 0 aromatic heterocycles. The van der Waals surface area contributed by atoms with E-state index in [1.807, 2.05) is 12.2 Å². The van der Waals surface area contributed by atoms with Gasteiger partial charge >= 0.3 is 0 Å². The Kier molecular flexibility index (Phi) is 2.11. The minimum absolute atomic E-state index is 0.0595. The largest absolute Gasteiger partial charge is 0.347 e. The molecule has 3 rings (SSSR count). The number of rotatable bonds is 1. The van der Waals surface area contributed by atoms with Crippen molar-refractivity contribution in [3.8, 4) is 0 Å². The van der Waals surface area contributed by atoms with Gasteiger partial charge < -0.3 is 9.47 Å². The summed E-state index contributed by atoms with van der Waals surface area (Å²) in [4.78, 5) is 17.6. The molecule has 0 aromatic carbocycles. The molecule has 2 heterocycles. The molecule has 2 fully saturated rings. The van der Waals surface area contributed by atoms with Crippen LogP contribution in [0.1, 0.15) is 20.3 Å². The van der Waals surface area contributed by atoms with Crippen LogP contribution in [0.3, 0.4) is 0 Å². The summed E-state index contributed by atoms with van der Waals surface area (Å²) >= 11 is 0. The third-order valence-corrected chi connectivity index (χ3v) is 3.07. The Morgan fingerprint density at radius 3 is 2.75 bits per heavy atom. The number of carbonyl (C=O) groups excluding carboxylic acids is 1. The van der Waals surface area contributed by atoms with Gasteiger partial charge in [-0.05, 0) is 13.8 Å². The zero-order chi connectivity index (χ0) is 11.3. The number of carbonyl (C=O) groups is 1. The van der Waals surface area contributed by atoms with E-state index in [2.05, 4.69) is 0 Å². The fourth-order valence-electron chi connectivity index (χ4n) is 2.29. The number of hydrogen-bond acceptors (Lipinski definition) is 4. The lowest BCUT2D eigenvalue weighted by Gasteiger charge is -2.25. The fraction of sp³-hybridized carbons (Fsp3) is 0.727. The van der Waals surface area contributed by atoms with Gasteiger partial charge in [-0.3, -0.25) is 9.63 Å². The highest BCUT2D eigenvalue weighted by atomic mass is 16.8. The van der Waals surface area contributed by atoms with E-state index in [0.717, 1.165) is 6.42 Å². The Hall–Kier alpha value is -0.910. The molecule has 5 heteroatoms. The van der Waals surface area contributed by atoms with Gasteiger partial charge in [0, 0.05) is 6.42 Å². The average Bonchev–Trinajstić information content (AvgIpc) is 2.90. The van der Waals surface area contributed by atoms with E-state index >= 15 is 0 Å². The van der Waals surface area contributed by atoms with E-state index in [9.17, 15) is 4.79 Å². The zero-order valence-electron chi connectivity index (χ0n) is 9.38. The Balaban J connectivity index is 1.68. The third-order valence-electron chi connectivity index (χ3n) is 3.07. The zero-order valence-corrected chi connectivity index (χ0v) is 9.38. The van der Waals surface area contributed by atoms with Crippen molar-refractivity contribution in [2.75, 3.05) is 6.61 Å². The molecule has 5 nitrogen and oxygen atoms in total. The Labute approximate surface area is 93.9 Å². The standard InChI is InChI=1S/C11H15NO4/c1-11(2)14-6-9(15-11)10(13)12-7-3-4-8(5-7)16-12/h3-4,7-9H,5-6H2,1-2H3/t7?,8?,9-/m1/s1. The van der Waals surface area contributed by atoms with Crippen LogP contribution in [-0.2, 0) is 19.1 Å². The van der Waals surface area contributed by atoms with Crippen LogP contribution >= 0.6 is 0 Å². The van der Waals surface area contributed by atoms with Crippen molar-refractivity contribution >= 4 is 5.91 Å². The third kappa shape index (κ3) is 1.55. The highest BCUT2D eigenvalue weighted by Gasteiger charge is 2.45. The molecule has 0 N–H and O–H groups in total. The van der Waals surface area contributed by atoms with Gasteiger partial charge in [0.15, 0.2) is 11.9 Å². The highest BCUT2D eigenvalue weighted by molar-refractivity contribution is 5.81. The molecule has 2 aliphatic heterocycles. The second-order valence-electron chi connectivity index (χ2n) is 4.81. The molecule has 3 aliphatic rings. The number of hydrogen-bond donors (Lipinski definition) is 0. The molecule has 2 saturated heterocycles. The van der Waals surface area contributed by atoms with Gasteiger partial charge in [0.05, 0.1) is 12.6 Å². The molecule has 1 aliphatic carbocycles. The first-order valence-corrected chi connectivity index (χ1v) is 5.55. The van der Waals surface area contributed by atoms with Gasteiger partial charge in [-0.1, -0.05) is 12.2 Å². The molecular weight excluding hydrogens is 210 g/mol. The van der Waals surface area contributed by atoms with E-state index in [1.165, 1.54) is 5.06 Å². The predicted molar refractivity (Wildman–Crippen MR) is 54.2 cm³/mol. The molecule has 0 saturated carbocycles. The Bertz CT molecular complexity index is 352. The van der Waals surface area contributed by atoms with Crippen LogP contribution < -0.4 is 0 Å². The van der Waals surface area contributed by atoms with Crippen LogP contribution in [0.25, 0.3) is 0 Å². The maximum Gasteiger partial charge on any atom is 0.278 e. The monoisotopic (exact) mass is 225 g/mol. The summed E-state index contributed by atoms with van der Waals surface area (Å²) in [5.41, 5.74) is 0. The minimum atomic E-state index is -0.672. The molecule has 0 radical (unpaired) electrons. The SMILES string of the molecule is CC1(C)OC[C@H](C(=O)N2OC3C=CC2C3)O1. The maximum atomic E-state index is 12.1. The van der Waals surface area contributed by atoms with E-state index in [1.54, 1.807) is 13.8 Å². The average molecular weight is 225 g/mol. The first kappa shape index (κ1) is 10.3. The predicted octanol–water partition coefficient (Wildman–Crippen LogP) is 0.609. The van der Waals surface area contributed by atoms with Crippen molar-refractivity contribution in [1.29, 1.82) is 0 Å². The van der Waals surface area contributed by atoms with Gasteiger partial charge in [-0.15, -0.1) is 0 Å². The summed E-state index contributed by atoms with van der Waals surface area (Å²) in [6.45, 7) is 3.90. The molecule has 0 aromatic rings. The lowest BCUT2D eigenvalue weighted by Crippen LogP contribution is -2.43. The number of nitrogens with zero attached hydrogens (tertiary/aromatic N) is 1. The molecule has 88 valence electrons. The highest BCUT2D eigenvalue weighted by Crippen LogP contribution is 2.32. The maximum absolute atomic E-state index is 12.1. The molecule has 16 heavy (non-hydrogen) atoms. The number of hydroxylamine groups is 2. The summed E-state index contributed by atoms with van der Waals surface area (Å²) in [6.07, 6.45) is 4.38. The first-order chi connectivity index (χ1) is 7.55. The quantitative estimate of drug-likeness (QED) is 0.613. The summed E-state index contributed by atoms with van der Waals surface area (Å²) in [6, 6.07) is 0.0739. The summed E-state index contributed by atoms with van der Waals surface area (Å²) in [7, 11) is 0. The van der Waals surface area contributed by atoms with E-state index in [4.69, 9.17) is 14.3 Å². The molecule has 1 amide bonds. The van der Waals surface area contributed by atoms with Crippen LogP contribution in [-0.4, -0.2) is 41.6 Å². The molecule has 2 unspecified atom stereocenters. The summed E-state index contributed by atoms with van der Waals surface area (Å²) < 4.78 is 10.9. The van der Waals surface area contributed by atoms with Crippen molar-refractivity contribution < 1.29 is 19.1 Å². The van der Waals surface area contributed by atoms with E-state index in [0.29, 0.717) is 6.61 Å². The van der Waals surface area contributed by atoms with E-state index in [-0.39, 0.29) is 18.1 Å². The van der Waals surface area contributed by atoms with Gasteiger partial charge in [0.25, 0.3) is 5.91 Å². The summed E-state index contributed by atoms with van der Waals surface area (Å²) in [5, 5.41) is 1.43. The second kappa shape index (κ2) is 3.29. The van der Waals surface area contributed by atoms with Gasteiger partial charge in [-0.2, -0.15) is 0 Å². The summed E-state index contributed by atoms with van der Waals surface area (Å²) in [5.74, 6) is -0.808. The number of amides is 1. The number of ether oxygens (including phenoxy) is 2. The van der Waals surface area contributed by atoms with Crippen LogP contribution in [0.2, 0.25) is 0 Å². The van der Waals surface area contributed by atoms with Crippen molar-refractivity contribution in [3.63, 3.8) is 0 Å². The fourth-order valence-corrected chi connectivity index (χ4v) is 2.29. The van der Waals surface area contributed by atoms with Crippen LogP contribution in [0.4, 0.5) is 0 Å². The van der Waals surface area contributed by atoms with Crippen molar-refractivity contribution in [1.82, 2.24) is 5.06 Å². The Morgan fingerprint density at radius 2 is 2.25 bits per heavy atom. The lowest BCUT2D eigenvalue weighted by atomic mass is 10.2. The molecule has 0 spiro atoms. The van der Waals surface area contributed by atoms with Gasteiger partial charge in [-0.25, -0.2) is 5.06 Å². The van der Waals surface area contributed by atoms with Crippen molar-refractivity contribution in [3.05, 3.63) is 12.2 Å². The first-order valence-electron chi connectivity index (χ1n) is 5.55. The van der Waals surface area contributed by atoms with Crippen LogP contribution in [0.15, 0.2) is 12.2 Å².